The average molecular weight is 219 g/mol. The number of aliphatic hydroxyl groups excluding tert-OH is 1. The number of aliphatic hydroxyl groups is 1. The van der Waals surface area contributed by atoms with E-state index < -0.39 is 0 Å². The number of hydrogen-bond acceptors (Lipinski definition) is 2. The van der Waals surface area contributed by atoms with Gasteiger partial charge in [0.2, 0.25) is 0 Å². The molecule has 0 saturated heterocycles. The Labute approximate surface area is 97.7 Å². The summed E-state index contributed by atoms with van der Waals surface area (Å²) in [5.41, 5.74) is 2.68. The third kappa shape index (κ3) is 2.83. The number of aryl methyl sites for hydroxylation is 1. The third-order valence-corrected chi connectivity index (χ3v) is 3.48. The Balaban J connectivity index is 1.84. The molecule has 0 spiro atoms. The molecule has 1 aromatic rings. The van der Waals surface area contributed by atoms with Crippen LogP contribution in [0.4, 0.5) is 0 Å². The largest absolute Gasteiger partial charge is 0.392 e. The lowest BCUT2D eigenvalue weighted by molar-refractivity contribution is 0.148. The molecule has 0 bridgehead atoms. The third-order valence-electron chi connectivity index (χ3n) is 3.48. The first-order valence-corrected chi connectivity index (χ1v) is 6.29. The van der Waals surface area contributed by atoms with Crippen molar-refractivity contribution in [3.05, 3.63) is 35.4 Å². The number of hydrogen-bond donors (Lipinski definition) is 2. The number of benzene rings is 1. The minimum Gasteiger partial charge on any atom is -0.392 e. The fourth-order valence-corrected chi connectivity index (χ4v) is 2.32. The molecule has 0 unspecified atom stereocenters. The second-order valence-corrected chi connectivity index (χ2v) is 4.66. The summed E-state index contributed by atoms with van der Waals surface area (Å²) in [5, 5.41) is 13.1. The van der Waals surface area contributed by atoms with Crippen molar-refractivity contribution in [3.63, 3.8) is 0 Å². The van der Waals surface area contributed by atoms with Crippen LogP contribution >= 0.6 is 0 Å². The maximum absolute atomic E-state index is 9.69. The molecular formula is C14H21NO. The van der Waals surface area contributed by atoms with Gasteiger partial charge in [-0.05, 0) is 36.8 Å². The first-order valence-electron chi connectivity index (χ1n) is 6.29. The quantitative estimate of drug-likeness (QED) is 0.814. The Kier molecular flexibility index (Phi) is 3.97. The van der Waals surface area contributed by atoms with Gasteiger partial charge in [-0.2, -0.15) is 0 Å². The van der Waals surface area contributed by atoms with Gasteiger partial charge in [0.25, 0.3) is 0 Å². The molecule has 2 atom stereocenters. The molecule has 1 saturated carbocycles. The molecule has 88 valence electrons. The maximum atomic E-state index is 9.69. The van der Waals surface area contributed by atoms with Crippen molar-refractivity contribution in [3.8, 4) is 0 Å². The van der Waals surface area contributed by atoms with Crippen molar-refractivity contribution in [1.29, 1.82) is 0 Å². The Morgan fingerprint density at radius 1 is 1.19 bits per heavy atom. The average Bonchev–Trinajstić information content (AvgIpc) is 2.73. The van der Waals surface area contributed by atoms with Gasteiger partial charge in [0.05, 0.1) is 6.10 Å². The van der Waals surface area contributed by atoms with Gasteiger partial charge in [-0.1, -0.05) is 31.2 Å². The second kappa shape index (κ2) is 5.46. The Hall–Kier alpha value is -0.860. The molecule has 0 heterocycles. The van der Waals surface area contributed by atoms with E-state index in [0.29, 0.717) is 6.04 Å². The fourth-order valence-electron chi connectivity index (χ4n) is 2.32. The van der Waals surface area contributed by atoms with E-state index in [9.17, 15) is 5.11 Å². The number of nitrogens with one attached hydrogen (secondary N) is 1. The van der Waals surface area contributed by atoms with Gasteiger partial charge in [0, 0.05) is 12.6 Å². The minimum absolute atomic E-state index is 0.144. The van der Waals surface area contributed by atoms with Crippen LogP contribution in [0.15, 0.2) is 24.3 Å². The van der Waals surface area contributed by atoms with E-state index in [1.165, 1.54) is 11.1 Å². The summed E-state index contributed by atoms with van der Waals surface area (Å²) in [4.78, 5) is 0. The number of rotatable bonds is 4. The molecule has 1 fully saturated rings. The molecule has 2 nitrogen and oxygen atoms in total. The van der Waals surface area contributed by atoms with Crippen LogP contribution in [0.2, 0.25) is 0 Å². The summed E-state index contributed by atoms with van der Waals surface area (Å²) in [6.45, 7) is 3.04. The van der Waals surface area contributed by atoms with E-state index in [-0.39, 0.29) is 6.10 Å². The highest BCUT2D eigenvalue weighted by atomic mass is 16.3. The standard InChI is InChI=1S/C14H21NO/c1-2-11-6-8-12(9-7-11)10-15-13-4-3-5-14(13)16/h6-9,13-16H,2-5,10H2,1H3/t13-,14-/m0/s1. The Bertz CT molecular complexity index is 320. The van der Waals surface area contributed by atoms with Crippen LogP contribution in [0.5, 0.6) is 0 Å². The summed E-state index contributed by atoms with van der Waals surface area (Å²) < 4.78 is 0. The lowest BCUT2D eigenvalue weighted by atomic mass is 10.1. The van der Waals surface area contributed by atoms with E-state index in [2.05, 4.69) is 36.5 Å². The fraction of sp³-hybridized carbons (Fsp3) is 0.571. The monoisotopic (exact) mass is 219 g/mol. The van der Waals surface area contributed by atoms with Gasteiger partial charge in [-0.25, -0.2) is 0 Å². The van der Waals surface area contributed by atoms with Crippen LogP contribution in [0.1, 0.15) is 37.3 Å². The van der Waals surface area contributed by atoms with E-state index >= 15 is 0 Å². The van der Waals surface area contributed by atoms with Gasteiger partial charge in [0.15, 0.2) is 0 Å². The molecule has 2 heteroatoms. The van der Waals surface area contributed by atoms with Crippen molar-refractivity contribution in [2.24, 2.45) is 0 Å². The highest BCUT2D eigenvalue weighted by Crippen LogP contribution is 2.19. The van der Waals surface area contributed by atoms with Gasteiger partial charge < -0.3 is 10.4 Å². The molecule has 1 aliphatic rings. The maximum Gasteiger partial charge on any atom is 0.0693 e. The van der Waals surface area contributed by atoms with Crippen molar-refractivity contribution < 1.29 is 5.11 Å². The predicted molar refractivity (Wildman–Crippen MR) is 66.3 cm³/mol. The van der Waals surface area contributed by atoms with Crippen LogP contribution < -0.4 is 5.32 Å². The highest BCUT2D eigenvalue weighted by Gasteiger charge is 2.24. The Morgan fingerprint density at radius 2 is 1.88 bits per heavy atom. The molecule has 0 aliphatic heterocycles. The van der Waals surface area contributed by atoms with Crippen molar-refractivity contribution in [1.82, 2.24) is 5.32 Å². The van der Waals surface area contributed by atoms with Crippen LogP contribution in [0, 0.1) is 0 Å². The highest BCUT2D eigenvalue weighted by molar-refractivity contribution is 5.22. The van der Waals surface area contributed by atoms with E-state index in [1.54, 1.807) is 0 Å². The van der Waals surface area contributed by atoms with Gasteiger partial charge >= 0.3 is 0 Å². The lowest BCUT2D eigenvalue weighted by Crippen LogP contribution is -2.34. The molecule has 0 aromatic heterocycles. The zero-order chi connectivity index (χ0) is 11.4. The zero-order valence-electron chi connectivity index (χ0n) is 9.95. The molecule has 0 radical (unpaired) electrons. The topological polar surface area (TPSA) is 32.3 Å². The van der Waals surface area contributed by atoms with Gasteiger partial charge in [0.1, 0.15) is 0 Å². The SMILES string of the molecule is CCc1ccc(CN[C@H]2CCC[C@@H]2O)cc1. The molecule has 2 rings (SSSR count). The summed E-state index contributed by atoms with van der Waals surface area (Å²) in [6, 6.07) is 9.01. The smallest absolute Gasteiger partial charge is 0.0693 e. The van der Waals surface area contributed by atoms with Crippen LogP contribution in [0.3, 0.4) is 0 Å². The minimum atomic E-state index is -0.144. The van der Waals surface area contributed by atoms with Crippen molar-refractivity contribution in [2.75, 3.05) is 0 Å². The predicted octanol–water partition coefficient (Wildman–Crippen LogP) is 2.25. The van der Waals surface area contributed by atoms with E-state index in [1.807, 2.05) is 0 Å². The first-order chi connectivity index (χ1) is 7.79. The van der Waals surface area contributed by atoms with Gasteiger partial charge in [-0.3, -0.25) is 0 Å². The van der Waals surface area contributed by atoms with Crippen LogP contribution in [0.25, 0.3) is 0 Å². The summed E-state index contributed by atoms with van der Waals surface area (Å²) in [7, 11) is 0. The molecule has 0 amide bonds. The zero-order valence-corrected chi connectivity index (χ0v) is 9.95. The second-order valence-electron chi connectivity index (χ2n) is 4.66. The summed E-state index contributed by atoms with van der Waals surface area (Å²) >= 11 is 0. The van der Waals surface area contributed by atoms with Crippen LogP contribution in [-0.4, -0.2) is 17.3 Å². The van der Waals surface area contributed by atoms with Crippen LogP contribution in [-0.2, 0) is 13.0 Å². The molecule has 16 heavy (non-hydrogen) atoms. The summed E-state index contributed by atoms with van der Waals surface area (Å²) in [5.74, 6) is 0. The molecule has 1 aliphatic carbocycles. The normalized spacial score (nSPS) is 24.9. The van der Waals surface area contributed by atoms with Gasteiger partial charge in [-0.15, -0.1) is 0 Å². The molecule has 2 N–H and O–H groups in total. The van der Waals surface area contributed by atoms with E-state index in [0.717, 1.165) is 32.2 Å². The first kappa shape index (κ1) is 11.6. The Morgan fingerprint density at radius 3 is 2.44 bits per heavy atom. The lowest BCUT2D eigenvalue weighted by Gasteiger charge is -2.16. The van der Waals surface area contributed by atoms with Crippen molar-refractivity contribution >= 4 is 0 Å². The van der Waals surface area contributed by atoms with Crippen molar-refractivity contribution in [2.45, 2.75) is 51.3 Å². The van der Waals surface area contributed by atoms with E-state index in [4.69, 9.17) is 0 Å². The summed E-state index contributed by atoms with van der Waals surface area (Å²) in [6.07, 6.45) is 4.15. The molecular weight excluding hydrogens is 198 g/mol. The molecule has 1 aromatic carbocycles.